The molecule has 0 saturated carbocycles. The summed E-state index contributed by atoms with van der Waals surface area (Å²) in [6.07, 6.45) is 9.52. The monoisotopic (exact) mass is 858 g/mol. The minimum atomic E-state index is -2.68. The Kier molecular flexibility index (Phi) is 10.9. The Morgan fingerprint density at radius 3 is 2.44 bits per heavy atom. The predicted octanol–water partition coefficient (Wildman–Crippen LogP) is 7.67. The largest absolute Gasteiger partial charge is 0.371 e. The van der Waals surface area contributed by atoms with Crippen LogP contribution in [0.15, 0.2) is 55.0 Å². The summed E-state index contributed by atoms with van der Waals surface area (Å²) >= 11 is 0. The fourth-order valence-corrected chi connectivity index (χ4v) is 11.1. The predicted molar refractivity (Wildman–Crippen MR) is 240 cm³/mol. The maximum atomic E-state index is 15.1. The number of fused-ring (bicyclic) bond motifs is 3. The minimum absolute atomic E-state index is 0.000934. The molecule has 0 aliphatic carbocycles. The first-order chi connectivity index (χ1) is 30.5. The van der Waals surface area contributed by atoms with Crippen LogP contribution in [0.2, 0.25) is 0 Å². The summed E-state index contributed by atoms with van der Waals surface area (Å²) in [5, 5.41) is 8.70. The molecule has 3 aromatic heterocycles. The summed E-state index contributed by atoms with van der Waals surface area (Å²) in [6.45, 7) is 10.8. The maximum absolute atomic E-state index is 15.1. The van der Waals surface area contributed by atoms with Crippen molar-refractivity contribution in [3.05, 3.63) is 82.9 Å². The molecule has 63 heavy (non-hydrogen) atoms. The number of carbonyl (C=O) groups is 3. The van der Waals surface area contributed by atoms with E-state index >= 15 is 8.78 Å². The van der Waals surface area contributed by atoms with Gasteiger partial charge in [-0.2, -0.15) is 5.10 Å². The number of benzene rings is 2. The number of alkyl halides is 2. The molecule has 15 heteroatoms. The van der Waals surface area contributed by atoms with E-state index in [0.717, 1.165) is 127 Å². The van der Waals surface area contributed by atoms with Gasteiger partial charge in [-0.05, 0) is 98.4 Å². The number of aromatic nitrogens is 4. The quantitative estimate of drug-likeness (QED) is 0.169. The van der Waals surface area contributed by atoms with Gasteiger partial charge < -0.3 is 24.2 Å². The number of piperidine rings is 2. The summed E-state index contributed by atoms with van der Waals surface area (Å²) in [4.78, 5) is 52.2. The van der Waals surface area contributed by atoms with Crippen molar-refractivity contribution in [3.8, 4) is 11.1 Å². The van der Waals surface area contributed by atoms with E-state index in [0.29, 0.717) is 50.5 Å². The van der Waals surface area contributed by atoms with Gasteiger partial charge in [-0.25, -0.2) is 13.6 Å². The zero-order chi connectivity index (χ0) is 43.5. The summed E-state index contributed by atoms with van der Waals surface area (Å²) in [5.74, 6) is 1.19. The molecule has 0 bridgehead atoms. The highest BCUT2D eigenvalue weighted by atomic mass is 19.3. The zero-order valence-electron chi connectivity index (χ0n) is 36.5. The second-order valence-electron chi connectivity index (χ2n) is 18.2. The lowest BCUT2D eigenvalue weighted by Gasteiger charge is -2.39. The van der Waals surface area contributed by atoms with E-state index in [2.05, 4.69) is 42.7 Å². The number of halogens is 2. The molecule has 0 atom stereocenters. The van der Waals surface area contributed by atoms with E-state index in [1.54, 1.807) is 30.3 Å². The Balaban J connectivity index is 0.849. The molecule has 4 amide bonds. The molecule has 0 spiro atoms. The highest BCUT2D eigenvalue weighted by molar-refractivity contribution is 6.06. The van der Waals surface area contributed by atoms with Crippen molar-refractivity contribution >= 4 is 51.6 Å². The second-order valence-corrected chi connectivity index (χ2v) is 18.2. The number of imide groups is 1. The normalized spacial score (nSPS) is 19.3. The van der Waals surface area contributed by atoms with E-state index in [-0.39, 0.29) is 29.5 Å². The molecule has 1 N–H and O–H groups in total. The molecule has 3 saturated heterocycles. The van der Waals surface area contributed by atoms with E-state index in [1.165, 1.54) is 5.69 Å². The van der Waals surface area contributed by atoms with E-state index in [1.807, 2.05) is 47.0 Å². The SMILES string of the molecule is CC(=O)N1CCc2c(c(N3CCCc4cc(-c5cn(C)c6ccncc56)c(C(F)F)cc43)nn2C2CCN(CC3CCN(c4cccc(N5CCC(=O)NC5=O)c4C)CC3)CC2)C1. The first kappa shape index (κ1) is 41.2. The van der Waals surface area contributed by atoms with E-state index in [4.69, 9.17) is 5.10 Å². The molecule has 0 radical (unpaired) electrons. The van der Waals surface area contributed by atoms with Crippen molar-refractivity contribution in [2.45, 2.75) is 84.2 Å². The Hall–Kier alpha value is -5.83. The van der Waals surface area contributed by atoms with E-state index in [9.17, 15) is 14.4 Å². The number of rotatable bonds is 8. The lowest BCUT2D eigenvalue weighted by molar-refractivity contribution is -0.129. The summed E-state index contributed by atoms with van der Waals surface area (Å²) in [5.41, 5.74) is 9.33. The van der Waals surface area contributed by atoms with Gasteiger partial charge in [0.15, 0.2) is 5.82 Å². The van der Waals surface area contributed by atoms with Gasteiger partial charge in [-0.3, -0.25) is 29.5 Å². The molecule has 10 rings (SSSR count). The van der Waals surface area contributed by atoms with Gasteiger partial charge in [0.1, 0.15) is 0 Å². The maximum Gasteiger partial charge on any atom is 0.328 e. The van der Waals surface area contributed by atoms with Gasteiger partial charge in [0.2, 0.25) is 11.8 Å². The number of amides is 4. The van der Waals surface area contributed by atoms with Crippen LogP contribution in [0.4, 0.5) is 36.5 Å². The third-order valence-corrected chi connectivity index (χ3v) is 14.4. The Bertz CT molecular complexity index is 2590. The van der Waals surface area contributed by atoms with Gasteiger partial charge in [0, 0.05) is 137 Å². The van der Waals surface area contributed by atoms with Gasteiger partial charge in [-0.1, -0.05) is 6.07 Å². The molecular formula is C48H56F2N10O3. The standard InChI is InChI=1S/C48H56F2N10O3/c1-30-40(7-4-8-41(30)59-23-15-45(62)52-48(59)63)56-20-10-32(11-21-56)27-55-18-12-34(13-19-55)60-43-14-22-57(31(2)61)29-39(43)47(53-60)58-17-5-6-33-24-35(36(46(49)50)25-44(33)58)38-28-54(3)42-9-16-51-26-37(38)42/h4,7-9,16,24-26,28,32,34,46H,5-6,10-15,17-23,27,29H2,1-3H3,(H,52,62,63). The van der Waals surface area contributed by atoms with Crippen molar-refractivity contribution in [3.63, 3.8) is 0 Å². The first-order valence-corrected chi connectivity index (χ1v) is 22.7. The topological polar surface area (TPSA) is 115 Å². The minimum Gasteiger partial charge on any atom is -0.371 e. The van der Waals surface area contributed by atoms with Crippen LogP contribution >= 0.6 is 0 Å². The van der Waals surface area contributed by atoms with Crippen LogP contribution < -0.4 is 20.0 Å². The molecule has 0 unspecified atom stereocenters. The molecule has 5 aliphatic rings. The second kappa shape index (κ2) is 16.7. The van der Waals surface area contributed by atoms with E-state index < -0.39 is 6.43 Å². The fraction of sp³-hybridized carbons (Fsp3) is 0.479. The van der Waals surface area contributed by atoms with Crippen LogP contribution in [0.3, 0.4) is 0 Å². The van der Waals surface area contributed by atoms with Gasteiger partial charge >= 0.3 is 6.03 Å². The summed E-state index contributed by atoms with van der Waals surface area (Å²) in [6, 6.07) is 11.5. The average Bonchev–Trinajstić information content (AvgIpc) is 3.84. The number of aryl methyl sites for hydroxylation is 2. The first-order valence-electron chi connectivity index (χ1n) is 22.7. The number of likely N-dealkylation sites (tertiary alicyclic amines) is 1. The number of nitrogens with one attached hydrogen (secondary N) is 1. The highest BCUT2D eigenvalue weighted by Gasteiger charge is 2.36. The molecule has 13 nitrogen and oxygen atoms in total. The number of urea groups is 1. The molecule has 2 aromatic carbocycles. The number of carbonyl (C=O) groups excluding carboxylic acids is 3. The van der Waals surface area contributed by atoms with Crippen LogP contribution in [-0.2, 0) is 36.0 Å². The number of pyridine rings is 1. The van der Waals surface area contributed by atoms with Crippen LogP contribution in [0.5, 0.6) is 0 Å². The fourth-order valence-electron chi connectivity index (χ4n) is 11.1. The Morgan fingerprint density at radius 1 is 0.889 bits per heavy atom. The molecule has 5 aromatic rings. The summed E-state index contributed by atoms with van der Waals surface area (Å²) in [7, 11) is 1.93. The van der Waals surface area contributed by atoms with Crippen LogP contribution in [-0.4, -0.2) is 99.3 Å². The molecule has 330 valence electrons. The molecule has 3 fully saturated rings. The zero-order valence-corrected chi connectivity index (χ0v) is 36.5. The Labute approximate surface area is 366 Å². The third kappa shape index (κ3) is 7.61. The number of hydrogen-bond acceptors (Lipinski definition) is 8. The smallest absolute Gasteiger partial charge is 0.328 e. The number of nitrogens with zero attached hydrogens (tertiary/aromatic N) is 9. The van der Waals surface area contributed by atoms with Crippen molar-refractivity contribution in [2.75, 3.05) is 67.1 Å². The van der Waals surface area contributed by atoms with Crippen molar-refractivity contribution in [1.29, 1.82) is 0 Å². The molecular weight excluding hydrogens is 803 g/mol. The van der Waals surface area contributed by atoms with Crippen molar-refractivity contribution in [1.82, 2.24) is 34.4 Å². The molecule has 5 aliphatic heterocycles. The average molecular weight is 859 g/mol. The van der Waals surface area contributed by atoms with Crippen LogP contribution in [0, 0.1) is 12.8 Å². The van der Waals surface area contributed by atoms with Gasteiger partial charge in [0.25, 0.3) is 6.43 Å². The summed E-state index contributed by atoms with van der Waals surface area (Å²) < 4.78 is 34.5. The van der Waals surface area contributed by atoms with Gasteiger partial charge in [-0.15, -0.1) is 0 Å². The number of anilines is 4. The lowest BCUT2D eigenvalue weighted by atomic mass is 9.91. The van der Waals surface area contributed by atoms with Crippen molar-refractivity contribution in [2.24, 2.45) is 13.0 Å². The molecule has 8 heterocycles. The highest BCUT2D eigenvalue weighted by Crippen LogP contribution is 2.45. The van der Waals surface area contributed by atoms with Gasteiger partial charge in [0.05, 0.1) is 23.8 Å². The van der Waals surface area contributed by atoms with Crippen LogP contribution in [0.25, 0.3) is 22.0 Å². The Morgan fingerprint density at radius 2 is 1.68 bits per heavy atom. The van der Waals surface area contributed by atoms with Crippen molar-refractivity contribution < 1.29 is 23.2 Å². The number of hydrogen-bond donors (Lipinski definition) is 1. The lowest BCUT2D eigenvalue weighted by Crippen LogP contribution is -2.50. The van der Waals surface area contributed by atoms with Crippen LogP contribution in [0.1, 0.15) is 85.9 Å². The third-order valence-electron chi connectivity index (χ3n) is 14.4.